The van der Waals surface area contributed by atoms with Gasteiger partial charge in [0, 0.05) is 13.3 Å². The largest absolute Gasteiger partial charge is 0.497 e. The molecule has 0 aliphatic rings. The number of carbonyl (C=O) groups is 2. The molecule has 1 amide bonds. The number of amides is 1. The van der Waals surface area contributed by atoms with E-state index in [1.165, 1.54) is 6.92 Å². The molecule has 0 saturated heterocycles. The fourth-order valence-electron chi connectivity index (χ4n) is 3.26. The summed E-state index contributed by atoms with van der Waals surface area (Å²) in [5.74, 6) is 1.17. The highest BCUT2D eigenvalue weighted by Crippen LogP contribution is 2.16. The van der Waals surface area contributed by atoms with E-state index in [1.807, 2.05) is 61.5 Å². The summed E-state index contributed by atoms with van der Waals surface area (Å²) in [6.45, 7) is 3.37. The van der Waals surface area contributed by atoms with Crippen molar-refractivity contribution in [3.8, 4) is 5.75 Å². The lowest BCUT2D eigenvalue weighted by molar-refractivity contribution is -0.142. The Morgan fingerprint density at radius 2 is 1.76 bits per heavy atom. The van der Waals surface area contributed by atoms with Crippen molar-refractivity contribution in [3.05, 3.63) is 77.4 Å². The van der Waals surface area contributed by atoms with Crippen LogP contribution < -0.4 is 10.1 Å². The molecule has 2 unspecified atom stereocenters. The van der Waals surface area contributed by atoms with Crippen molar-refractivity contribution >= 4 is 12.1 Å². The van der Waals surface area contributed by atoms with Gasteiger partial charge >= 0.3 is 12.1 Å². The van der Waals surface area contributed by atoms with E-state index in [0.717, 1.165) is 16.9 Å². The molecule has 3 aromatic rings. The zero-order valence-corrected chi connectivity index (χ0v) is 19.5. The van der Waals surface area contributed by atoms with Gasteiger partial charge in [0.25, 0.3) is 0 Å². The minimum atomic E-state index is -0.596. The predicted octanol–water partition coefficient (Wildman–Crippen LogP) is 3.71. The summed E-state index contributed by atoms with van der Waals surface area (Å²) >= 11 is 0. The first kappa shape index (κ1) is 24.8. The molecule has 0 spiro atoms. The molecule has 1 N–H and O–H groups in total. The zero-order chi connectivity index (χ0) is 24.3. The number of alkyl carbamates (subject to hydrolysis) is 1. The van der Waals surface area contributed by atoms with Crippen LogP contribution in [0.5, 0.6) is 5.75 Å². The molecule has 0 fully saturated rings. The molecule has 34 heavy (non-hydrogen) atoms. The van der Waals surface area contributed by atoms with Crippen LogP contribution in [0.25, 0.3) is 0 Å². The number of ether oxygens (including phenoxy) is 3. The number of rotatable bonds is 11. The summed E-state index contributed by atoms with van der Waals surface area (Å²) < 4.78 is 21.0. The molecule has 1 heterocycles. The average molecular weight is 468 g/mol. The van der Waals surface area contributed by atoms with Crippen LogP contribution in [0.1, 0.15) is 36.7 Å². The lowest BCUT2D eigenvalue weighted by Gasteiger charge is -2.23. The molecule has 0 bridgehead atoms. The van der Waals surface area contributed by atoms with Gasteiger partial charge < -0.3 is 24.1 Å². The van der Waals surface area contributed by atoms with E-state index in [9.17, 15) is 9.59 Å². The van der Waals surface area contributed by atoms with Gasteiger partial charge in [-0.25, -0.2) is 4.79 Å². The number of aromatic nitrogens is 2. The third-order valence-corrected chi connectivity index (χ3v) is 5.20. The SMILES string of the molecule is COc1ccc(Cc2nc(CC(C)C(COC(C)=O)NC(=O)OCc3ccccc3)no2)cc1. The normalized spacial score (nSPS) is 12.4. The van der Waals surface area contributed by atoms with Crippen LogP contribution in [0.4, 0.5) is 4.79 Å². The minimum absolute atomic E-state index is 0.00743. The number of benzene rings is 2. The first-order valence-electron chi connectivity index (χ1n) is 11.0. The van der Waals surface area contributed by atoms with Crippen LogP contribution in [-0.4, -0.2) is 42.0 Å². The van der Waals surface area contributed by atoms with Crippen LogP contribution in [0, 0.1) is 5.92 Å². The molecule has 2 atom stereocenters. The molecule has 1 aromatic heterocycles. The second-order valence-corrected chi connectivity index (χ2v) is 7.93. The maximum atomic E-state index is 12.3. The van der Waals surface area contributed by atoms with E-state index in [4.69, 9.17) is 18.7 Å². The van der Waals surface area contributed by atoms with Crippen molar-refractivity contribution in [3.63, 3.8) is 0 Å². The van der Waals surface area contributed by atoms with Gasteiger partial charge in [-0.2, -0.15) is 4.98 Å². The molecule has 9 nitrogen and oxygen atoms in total. The van der Waals surface area contributed by atoms with E-state index in [2.05, 4.69) is 15.5 Å². The van der Waals surface area contributed by atoms with E-state index < -0.39 is 18.1 Å². The maximum Gasteiger partial charge on any atom is 0.407 e. The van der Waals surface area contributed by atoms with E-state index in [1.54, 1.807) is 7.11 Å². The summed E-state index contributed by atoms with van der Waals surface area (Å²) in [6.07, 6.45) is 0.310. The molecule has 0 aliphatic heterocycles. The molecule has 180 valence electrons. The van der Waals surface area contributed by atoms with Crippen LogP contribution in [0.3, 0.4) is 0 Å². The van der Waals surface area contributed by atoms with Gasteiger partial charge in [-0.3, -0.25) is 4.79 Å². The van der Waals surface area contributed by atoms with Gasteiger partial charge in [0.1, 0.15) is 19.0 Å². The molecule has 2 aromatic carbocycles. The Morgan fingerprint density at radius 1 is 1.03 bits per heavy atom. The van der Waals surface area contributed by atoms with Crippen molar-refractivity contribution in [2.45, 2.75) is 39.3 Å². The third kappa shape index (κ3) is 7.91. The predicted molar refractivity (Wildman–Crippen MR) is 123 cm³/mol. The smallest absolute Gasteiger partial charge is 0.407 e. The monoisotopic (exact) mass is 467 g/mol. The summed E-state index contributed by atoms with van der Waals surface area (Å²) in [4.78, 5) is 28.1. The van der Waals surface area contributed by atoms with Crippen molar-refractivity contribution in [1.29, 1.82) is 0 Å². The first-order chi connectivity index (χ1) is 16.4. The number of methoxy groups -OCH3 is 1. The topological polar surface area (TPSA) is 113 Å². The molecule has 3 rings (SSSR count). The average Bonchev–Trinajstić information content (AvgIpc) is 3.27. The Bertz CT molecular complexity index is 1050. The molecule has 0 radical (unpaired) electrons. The van der Waals surface area contributed by atoms with Crippen LogP contribution >= 0.6 is 0 Å². The molecular formula is C25H29N3O6. The molecule has 0 saturated carbocycles. The molecular weight excluding hydrogens is 438 g/mol. The summed E-state index contributed by atoms with van der Waals surface area (Å²) in [5, 5.41) is 6.84. The molecule has 9 heteroatoms. The number of carbonyl (C=O) groups excluding carboxylic acids is 2. The van der Waals surface area contributed by atoms with Gasteiger partial charge in [-0.05, 0) is 29.2 Å². The summed E-state index contributed by atoms with van der Waals surface area (Å²) in [7, 11) is 1.62. The van der Waals surface area contributed by atoms with Gasteiger partial charge in [-0.1, -0.05) is 54.5 Å². The van der Waals surface area contributed by atoms with Crippen LogP contribution in [0.2, 0.25) is 0 Å². The minimum Gasteiger partial charge on any atom is -0.497 e. The Hall–Kier alpha value is -3.88. The highest BCUT2D eigenvalue weighted by molar-refractivity contribution is 5.68. The van der Waals surface area contributed by atoms with Crippen molar-refractivity contribution < 1.29 is 28.3 Å². The van der Waals surface area contributed by atoms with Crippen LogP contribution in [0.15, 0.2) is 59.1 Å². The van der Waals surface area contributed by atoms with Crippen LogP contribution in [-0.2, 0) is 33.7 Å². The summed E-state index contributed by atoms with van der Waals surface area (Å²) in [5.41, 5.74) is 1.89. The Labute approximate surface area is 198 Å². The fraction of sp³-hybridized carbons (Fsp3) is 0.360. The van der Waals surface area contributed by atoms with Gasteiger partial charge in [-0.15, -0.1) is 0 Å². The van der Waals surface area contributed by atoms with Crippen molar-refractivity contribution in [2.75, 3.05) is 13.7 Å². The molecule has 0 aliphatic carbocycles. The number of hydrogen-bond acceptors (Lipinski definition) is 8. The number of hydrogen-bond donors (Lipinski definition) is 1. The quantitative estimate of drug-likeness (QED) is 0.425. The third-order valence-electron chi connectivity index (χ3n) is 5.20. The second kappa shape index (κ2) is 12.4. The zero-order valence-electron chi connectivity index (χ0n) is 19.5. The number of nitrogens with zero attached hydrogens (tertiary/aromatic N) is 2. The highest BCUT2D eigenvalue weighted by Gasteiger charge is 2.24. The lowest BCUT2D eigenvalue weighted by atomic mass is 9.98. The number of esters is 1. The van der Waals surface area contributed by atoms with E-state index >= 15 is 0 Å². The van der Waals surface area contributed by atoms with E-state index in [0.29, 0.717) is 24.6 Å². The highest BCUT2D eigenvalue weighted by atomic mass is 16.6. The Morgan fingerprint density at radius 3 is 2.44 bits per heavy atom. The first-order valence-corrected chi connectivity index (χ1v) is 11.0. The second-order valence-electron chi connectivity index (χ2n) is 7.93. The number of nitrogens with one attached hydrogen (secondary N) is 1. The van der Waals surface area contributed by atoms with Gasteiger partial charge in [0.15, 0.2) is 5.82 Å². The van der Waals surface area contributed by atoms with Crippen molar-refractivity contribution in [2.24, 2.45) is 5.92 Å². The summed E-state index contributed by atoms with van der Waals surface area (Å²) in [6, 6.07) is 16.5. The van der Waals surface area contributed by atoms with Crippen molar-refractivity contribution in [1.82, 2.24) is 15.5 Å². The van der Waals surface area contributed by atoms with Gasteiger partial charge in [0.05, 0.1) is 19.6 Å². The van der Waals surface area contributed by atoms with E-state index in [-0.39, 0.29) is 19.1 Å². The Kier molecular flexibility index (Phi) is 9.02. The van der Waals surface area contributed by atoms with Gasteiger partial charge in [0.2, 0.25) is 5.89 Å². The maximum absolute atomic E-state index is 12.3. The fourth-order valence-corrected chi connectivity index (χ4v) is 3.26. The standard InChI is InChI=1S/C25H29N3O6/c1-17(13-23-27-24(34-28-23)14-19-9-11-21(31-3)12-10-19)22(16-32-18(2)29)26-25(30)33-15-20-7-5-4-6-8-20/h4-12,17,22H,13-16H2,1-3H3,(H,26,30). The Balaban J connectivity index is 1.56. The lowest BCUT2D eigenvalue weighted by Crippen LogP contribution is -2.44.